The highest BCUT2D eigenvalue weighted by Gasteiger charge is 2.22. The van der Waals surface area contributed by atoms with Crippen LogP contribution in [0.15, 0.2) is 0 Å². The van der Waals surface area contributed by atoms with Gasteiger partial charge in [-0.2, -0.15) is 29.9 Å². The van der Waals surface area contributed by atoms with Crippen molar-refractivity contribution >= 4 is 47.0 Å². The van der Waals surface area contributed by atoms with Gasteiger partial charge in [-0.3, -0.25) is 0 Å². The van der Waals surface area contributed by atoms with Crippen LogP contribution >= 0.6 is 23.2 Å². The third-order valence-electron chi connectivity index (χ3n) is 3.38. The Morgan fingerprint density at radius 1 is 0.600 bits per heavy atom. The van der Waals surface area contributed by atoms with Gasteiger partial charge in [-0.1, -0.05) is 0 Å². The SMILES string of the molecule is CC(C)Nc1nc(Cl)nc(NC(C)C)n1.CC(C)Nc1nc(Cl)nc(NC2CC2)n1. The van der Waals surface area contributed by atoms with E-state index in [1.54, 1.807) is 0 Å². The highest BCUT2D eigenvalue weighted by molar-refractivity contribution is 6.28. The lowest BCUT2D eigenvalue weighted by atomic mass is 10.4. The number of aromatic nitrogens is 6. The van der Waals surface area contributed by atoms with Gasteiger partial charge in [-0.05, 0) is 77.6 Å². The van der Waals surface area contributed by atoms with E-state index >= 15 is 0 Å². The van der Waals surface area contributed by atoms with Gasteiger partial charge in [0.25, 0.3) is 0 Å². The van der Waals surface area contributed by atoms with Gasteiger partial charge in [0, 0.05) is 24.2 Å². The molecule has 0 saturated heterocycles. The van der Waals surface area contributed by atoms with Crippen molar-refractivity contribution in [3.8, 4) is 0 Å². The summed E-state index contributed by atoms with van der Waals surface area (Å²) in [6.07, 6.45) is 2.35. The number of halogens is 2. The molecular weight excluding hydrogens is 427 g/mol. The fourth-order valence-electron chi connectivity index (χ4n) is 2.14. The maximum absolute atomic E-state index is 5.80. The van der Waals surface area contributed by atoms with Crippen LogP contribution in [0.3, 0.4) is 0 Å². The first-order valence-corrected chi connectivity index (χ1v) is 10.8. The van der Waals surface area contributed by atoms with Gasteiger partial charge in [-0.25, -0.2) is 0 Å². The number of hydrogen-bond acceptors (Lipinski definition) is 10. The van der Waals surface area contributed by atoms with Crippen molar-refractivity contribution in [3.63, 3.8) is 0 Å². The summed E-state index contributed by atoms with van der Waals surface area (Å²) < 4.78 is 0. The summed E-state index contributed by atoms with van der Waals surface area (Å²) in [5, 5.41) is 12.8. The van der Waals surface area contributed by atoms with E-state index in [0.29, 0.717) is 29.8 Å². The predicted molar refractivity (Wildman–Crippen MR) is 123 cm³/mol. The van der Waals surface area contributed by atoms with Crippen LogP contribution in [0.4, 0.5) is 23.8 Å². The van der Waals surface area contributed by atoms with Crippen LogP contribution in [0.2, 0.25) is 10.6 Å². The Bertz CT molecular complexity index is 699. The third kappa shape index (κ3) is 9.53. The molecule has 1 aliphatic rings. The molecule has 0 spiro atoms. The first-order valence-electron chi connectivity index (χ1n) is 10.00. The predicted octanol–water partition coefficient (Wildman–Crippen LogP) is 4.09. The molecule has 2 aromatic heterocycles. The molecule has 0 unspecified atom stereocenters. The maximum atomic E-state index is 5.80. The molecule has 2 heterocycles. The van der Waals surface area contributed by atoms with E-state index in [1.807, 2.05) is 41.5 Å². The first-order chi connectivity index (χ1) is 14.1. The Labute approximate surface area is 187 Å². The average Bonchev–Trinajstić information content (AvgIpc) is 3.36. The van der Waals surface area contributed by atoms with Crippen LogP contribution in [-0.4, -0.2) is 54.1 Å². The molecule has 0 atom stereocenters. The van der Waals surface area contributed by atoms with Gasteiger partial charge in [0.1, 0.15) is 0 Å². The van der Waals surface area contributed by atoms with E-state index in [0.717, 1.165) is 0 Å². The monoisotopic (exact) mass is 456 g/mol. The number of anilines is 4. The summed E-state index contributed by atoms with van der Waals surface area (Å²) >= 11 is 11.6. The van der Waals surface area contributed by atoms with Gasteiger partial charge in [0.05, 0.1) is 0 Å². The van der Waals surface area contributed by atoms with Crippen LogP contribution in [0, 0.1) is 0 Å². The summed E-state index contributed by atoms with van der Waals surface area (Å²) in [6.45, 7) is 12.1. The lowest BCUT2D eigenvalue weighted by Gasteiger charge is -2.11. The molecule has 0 amide bonds. The van der Waals surface area contributed by atoms with Crippen LogP contribution in [0.1, 0.15) is 54.4 Å². The molecule has 0 bridgehead atoms. The highest BCUT2D eigenvalue weighted by Crippen LogP contribution is 2.23. The summed E-state index contributed by atoms with van der Waals surface area (Å²) in [5.74, 6) is 2.06. The second-order valence-corrected chi connectivity index (χ2v) is 8.50. The Morgan fingerprint density at radius 3 is 1.27 bits per heavy atom. The van der Waals surface area contributed by atoms with Crippen molar-refractivity contribution in [1.29, 1.82) is 0 Å². The quantitative estimate of drug-likeness (QED) is 0.461. The Hall–Kier alpha value is -2.20. The number of hydrogen-bond donors (Lipinski definition) is 4. The van der Waals surface area contributed by atoms with Crippen LogP contribution in [0.25, 0.3) is 0 Å². The molecular formula is C18H30Cl2N10. The zero-order chi connectivity index (χ0) is 22.3. The normalized spacial score (nSPS) is 13.2. The molecule has 4 N–H and O–H groups in total. The molecule has 3 rings (SSSR count). The molecule has 0 aliphatic heterocycles. The van der Waals surface area contributed by atoms with E-state index in [-0.39, 0.29) is 28.7 Å². The Balaban J connectivity index is 0.000000214. The molecule has 10 nitrogen and oxygen atoms in total. The zero-order valence-electron chi connectivity index (χ0n) is 18.2. The minimum atomic E-state index is 0.191. The molecule has 1 aliphatic carbocycles. The summed E-state index contributed by atoms with van der Waals surface area (Å²) in [7, 11) is 0. The second kappa shape index (κ2) is 11.3. The minimum Gasteiger partial charge on any atom is -0.352 e. The molecule has 166 valence electrons. The number of nitrogens with zero attached hydrogens (tertiary/aromatic N) is 6. The van der Waals surface area contributed by atoms with E-state index in [9.17, 15) is 0 Å². The van der Waals surface area contributed by atoms with Crippen molar-refractivity contribution in [1.82, 2.24) is 29.9 Å². The Morgan fingerprint density at radius 2 is 0.933 bits per heavy atom. The molecule has 1 fully saturated rings. The summed E-state index contributed by atoms with van der Waals surface area (Å²) in [5.41, 5.74) is 0. The van der Waals surface area contributed by atoms with Crippen LogP contribution in [0.5, 0.6) is 0 Å². The van der Waals surface area contributed by atoms with Crippen molar-refractivity contribution < 1.29 is 0 Å². The van der Waals surface area contributed by atoms with E-state index in [2.05, 4.69) is 51.2 Å². The molecule has 2 aromatic rings. The number of nitrogens with one attached hydrogen (secondary N) is 4. The molecule has 12 heteroatoms. The standard InChI is InChI=1S/C9H14ClN5.C9H16ClN5/c1-5(2)11-8-13-7(10)14-9(15-8)12-6-3-4-6;1-5(2)11-8-13-7(10)14-9(15-8)12-6(3)4/h5-6H,3-4H2,1-2H3,(H2,11,12,13,14,15);5-6H,1-4H3,(H2,11,12,13,14,15). The fraction of sp³-hybridized carbons (Fsp3) is 0.667. The Kier molecular flexibility index (Phi) is 9.04. The van der Waals surface area contributed by atoms with Gasteiger partial charge >= 0.3 is 0 Å². The molecule has 30 heavy (non-hydrogen) atoms. The topological polar surface area (TPSA) is 125 Å². The summed E-state index contributed by atoms with van der Waals surface area (Å²) in [6, 6.07) is 1.30. The van der Waals surface area contributed by atoms with Crippen molar-refractivity contribution in [3.05, 3.63) is 10.6 Å². The van der Waals surface area contributed by atoms with Crippen LogP contribution < -0.4 is 21.3 Å². The van der Waals surface area contributed by atoms with Crippen molar-refractivity contribution in [2.24, 2.45) is 0 Å². The van der Waals surface area contributed by atoms with Gasteiger partial charge in [0.2, 0.25) is 34.4 Å². The maximum Gasteiger partial charge on any atom is 0.229 e. The molecule has 1 saturated carbocycles. The lowest BCUT2D eigenvalue weighted by molar-refractivity contribution is 0.845. The van der Waals surface area contributed by atoms with E-state index in [1.165, 1.54) is 12.8 Å². The lowest BCUT2D eigenvalue weighted by Crippen LogP contribution is -2.17. The van der Waals surface area contributed by atoms with E-state index < -0.39 is 0 Å². The van der Waals surface area contributed by atoms with Gasteiger partial charge in [0.15, 0.2) is 0 Å². The van der Waals surface area contributed by atoms with E-state index in [4.69, 9.17) is 23.2 Å². The average molecular weight is 457 g/mol. The minimum absolute atomic E-state index is 0.191. The highest BCUT2D eigenvalue weighted by atomic mass is 35.5. The van der Waals surface area contributed by atoms with Crippen molar-refractivity contribution in [2.75, 3.05) is 21.3 Å². The second-order valence-electron chi connectivity index (χ2n) is 7.82. The third-order valence-corrected chi connectivity index (χ3v) is 3.72. The fourth-order valence-corrected chi connectivity index (χ4v) is 2.46. The van der Waals surface area contributed by atoms with Gasteiger partial charge in [-0.15, -0.1) is 0 Å². The molecule has 0 radical (unpaired) electrons. The largest absolute Gasteiger partial charge is 0.352 e. The smallest absolute Gasteiger partial charge is 0.229 e. The number of rotatable bonds is 8. The zero-order valence-corrected chi connectivity index (χ0v) is 19.7. The van der Waals surface area contributed by atoms with Crippen molar-refractivity contribution in [2.45, 2.75) is 78.6 Å². The van der Waals surface area contributed by atoms with Crippen LogP contribution in [-0.2, 0) is 0 Å². The first kappa shape index (κ1) is 24.1. The molecule has 0 aromatic carbocycles. The summed E-state index contributed by atoms with van der Waals surface area (Å²) in [4.78, 5) is 24.4. The van der Waals surface area contributed by atoms with Gasteiger partial charge < -0.3 is 21.3 Å².